The topological polar surface area (TPSA) is 151 Å². The molecule has 0 aliphatic heterocycles. The third-order valence-electron chi connectivity index (χ3n) is 8.18. The quantitative estimate of drug-likeness (QED) is 0.103. The number of aliphatic hydroxyl groups is 1. The number of aromatic nitrogens is 1. The van der Waals surface area contributed by atoms with E-state index in [1.807, 2.05) is 45.0 Å². The normalized spacial score (nSPS) is 14.4. The van der Waals surface area contributed by atoms with E-state index in [-0.39, 0.29) is 29.1 Å². The molecule has 1 aromatic heterocycles. The van der Waals surface area contributed by atoms with Gasteiger partial charge in [-0.1, -0.05) is 69.5 Å². The number of ketones is 1. The molecule has 0 spiro atoms. The van der Waals surface area contributed by atoms with Crippen LogP contribution >= 0.6 is 11.6 Å². The maximum Gasteiger partial charge on any atom is 0.249 e. The van der Waals surface area contributed by atoms with Gasteiger partial charge >= 0.3 is 0 Å². The second-order valence-corrected chi connectivity index (χ2v) is 14.8. The van der Waals surface area contributed by atoms with Gasteiger partial charge in [0.15, 0.2) is 21.2 Å². The first-order chi connectivity index (χ1) is 22.7. The molecule has 9 nitrogen and oxygen atoms in total. The van der Waals surface area contributed by atoms with Gasteiger partial charge in [-0.15, -0.1) is 0 Å². The molecule has 0 aliphatic carbocycles. The number of nitrogens with two attached hydrogens (primary N) is 1. The van der Waals surface area contributed by atoms with Crippen molar-refractivity contribution in [3.63, 3.8) is 0 Å². The van der Waals surface area contributed by atoms with Crippen molar-refractivity contribution in [2.75, 3.05) is 12.3 Å². The molecule has 0 saturated carbocycles. The summed E-state index contributed by atoms with van der Waals surface area (Å²) in [6.07, 6.45) is 3.33. The fourth-order valence-corrected chi connectivity index (χ4v) is 8.14. The van der Waals surface area contributed by atoms with Crippen LogP contribution in [0.3, 0.4) is 0 Å². The zero-order valence-electron chi connectivity index (χ0n) is 27.5. The first kappa shape index (κ1) is 39.2. The molecule has 3 atom stereocenters. The van der Waals surface area contributed by atoms with Gasteiger partial charge in [-0.05, 0) is 60.6 Å². The van der Waals surface area contributed by atoms with Gasteiger partial charge in [0.05, 0.1) is 28.2 Å². The van der Waals surface area contributed by atoms with E-state index in [0.717, 1.165) is 35.9 Å². The highest BCUT2D eigenvalue weighted by Crippen LogP contribution is 2.24. The average molecular weight is 707 g/mol. The average Bonchev–Trinajstić information content (AvgIpc) is 3.03. The third kappa shape index (κ3) is 10.9. The van der Waals surface area contributed by atoms with Gasteiger partial charge < -0.3 is 21.5 Å². The molecule has 0 fully saturated rings. The Hall–Kier alpha value is -3.29. The Morgan fingerprint density at radius 1 is 0.979 bits per heavy atom. The predicted molar refractivity (Wildman–Crippen MR) is 183 cm³/mol. The Morgan fingerprint density at radius 2 is 1.62 bits per heavy atom. The third-order valence-corrected chi connectivity index (χ3v) is 10.7. The summed E-state index contributed by atoms with van der Waals surface area (Å²) in [6.45, 7) is 5.99. The van der Waals surface area contributed by atoms with Crippen molar-refractivity contribution >= 4 is 33.1 Å². The van der Waals surface area contributed by atoms with Crippen LogP contribution in [-0.4, -0.2) is 65.4 Å². The highest BCUT2D eigenvalue weighted by molar-refractivity contribution is 7.92. The summed E-state index contributed by atoms with van der Waals surface area (Å²) in [6, 6.07) is 10.6. The van der Waals surface area contributed by atoms with Crippen LogP contribution in [0, 0.1) is 11.6 Å². The molecule has 3 aromatic rings. The lowest BCUT2D eigenvalue weighted by Crippen LogP contribution is -2.66. The molecule has 1 heterocycles. The highest BCUT2D eigenvalue weighted by atomic mass is 35.5. The fraction of sp³-hybridized carbons (Fsp3) is 0.457. The van der Waals surface area contributed by atoms with Crippen LogP contribution in [0.15, 0.2) is 60.9 Å². The van der Waals surface area contributed by atoms with Crippen molar-refractivity contribution in [3.8, 4) is 0 Å². The largest absolute Gasteiger partial charge is 0.390 e. The van der Waals surface area contributed by atoms with Gasteiger partial charge in [0.1, 0.15) is 11.6 Å². The number of aryl methyl sites for hydroxylation is 1. The number of hydrogen-bond donors (Lipinski definition) is 4. The summed E-state index contributed by atoms with van der Waals surface area (Å²) < 4.78 is 55.8. The summed E-state index contributed by atoms with van der Waals surface area (Å²) in [4.78, 5) is 32.0. The zero-order chi connectivity index (χ0) is 35.5. The van der Waals surface area contributed by atoms with E-state index in [1.165, 1.54) is 12.3 Å². The van der Waals surface area contributed by atoms with E-state index >= 15 is 0 Å². The number of nitrogens with one attached hydrogen (secondary N) is 2. The second-order valence-electron chi connectivity index (χ2n) is 12.1. The lowest BCUT2D eigenvalue weighted by atomic mass is 9.90. The molecule has 3 rings (SSSR count). The second kappa shape index (κ2) is 17.9. The molecule has 1 amide bonds. The molecule has 0 bridgehead atoms. The molecule has 5 N–H and O–H groups in total. The summed E-state index contributed by atoms with van der Waals surface area (Å²) in [5, 5.41) is 16.2. The van der Waals surface area contributed by atoms with Gasteiger partial charge in [0.2, 0.25) is 5.91 Å². The van der Waals surface area contributed by atoms with Gasteiger partial charge in [-0.2, -0.15) is 0 Å². The van der Waals surface area contributed by atoms with Crippen LogP contribution in [-0.2, 0) is 34.0 Å². The molecule has 2 aromatic carbocycles. The number of halogens is 3. The van der Waals surface area contributed by atoms with Crippen molar-refractivity contribution in [3.05, 3.63) is 99.8 Å². The van der Waals surface area contributed by atoms with Crippen molar-refractivity contribution in [1.82, 2.24) is 15.6 Å². The van der Waals surface area contributed by atoms with Crippen LogP contribution in [0.4, 0.5) is 8.78 Å². The van der Waals surface area contributed by atoms with E-state index in [0.29, 0.717) is 38.3 Å². The van der Waals surface area contributed by atoms with Crippen LogP contribution < -0.4 is 16.4 Å². The van der Waals surface area contributed by atoms with Crippen LogP contribution in [0.2, 0.25) is 5.02 Å². The van der Waals surface area contributed by atoms with Gasteiger partial charge in [0, 0.05) is 37.1 Å². The summed E-state index contributed by atoms with van der Waals surface area (Å²) in [5.74, 6) is -4.96. The number of Topliss-reactive ketones (excluding diaryl/α,β-unsaturated/α-hetero) is 1. The number of carbonyl (C=O) groups is 2. The first-order valence-corrected chi connectivity index (χ1v) is 18.2. The number of benzene rings is 2. The number of pyridine rings is 1. The molecule has 0 unspecified atom stereocenters. The molecule has 0 aliphatic rings. The van der Waals surface area contributed by atoms with Gasteiger partial charge in [-0.3, -0.25) is 14.6 Å². The maximum atomic E-state index is 14.1. The van der Waals surface area contributed by atoms with Gasteiger partial charge in [0.25, 0.3) is 0 Å². The Morgan fingerprint density at radius 3 is 2.23 bits per heavy atom. The number of hydrogen-bond acceptors (Lipinski definition) is 8. The van der Waals surface area contributed by atoms with Crippen LogP contribution in [0.1, 0.15) is 73.5 Å². The number of carbonyl (C=O) groups excluding carboxylic acids is 2. The summed E-state index contributed by atoms with van der Waals surface area (Å²) in [5.41, 5.74) is 5.89. The van der Waals surface area contributed by atoms with Gasteiger partial charge in [-0.25, -0.2) is 17.2 Å². The SMILES string of the molecule is CCCC(CCC)S(=O)(=O)C[C@@](N)(C(=O)N[C@@H](Cc1cc(F)cc(F)c1)[C@H](O)CNCc1cccc(CC)c1)C(=O)c1cncc(Cl)c1. The Labute approximate surface area is 286 Å². The Bertz CT molecular complexity index is 1640. The van der Waals surface area contributed by atoms with Crippen molar-refractivity contribution < 1.29 is 31.9 Å². The maximum absolute atomic E-state index is 14.1. The lowest BCUT2D eigenvalue weighted by Gasteiger charge is -2.32. The van der Waals surface area contributed by atoms with E-state index in [4.69, 9.17) is 17.3 Å². The molecule has 0 radical (unpaired) electrons. The minimum Gasteiger partial charge on any atom is -0.390 e. The summed E-state index contributed by atoms with van der Waals surface area (Å²) in [7, 11) is -4.12. The van der Waals surface area contributed by atoms with E-state index in [2.05, 4.69) is 15.6 Å². The molecular weight excluding hydrogens is 662 g/mol. The minimum absolute atomic E-state index is 0.0679. The predicted octanol–water partition coefficient (Wildman–Crippen LogP) is 4.72. The number of nitrogens with zero attached hydrogens (tertiary/aromatic N) is 1. The van der Waals surface area contributed by atoms with Crippen molar-refractivity contribution in [1.29, 1.82) is 0 Å². The smallest absolute Gasteiger partial charge is 0.249 e. The first-order valence-electron chi connectivity index (χ1n) is 16.1. The molecule has 262 valence electrons. The summed E-state index contributed by atoms with van der Waals surface area (Å²) >= 11 is 6.06. The van der Waals surface area contributed by atoms with Crippen molar-refractivity contribution in [2.45, 2.75) is 88.8 Å². The fourth-order valence-electron chi connectivity index (χ4n) is 5.64. The van der Waals surface area contributed by atoms with E-state index in [9.17, 15) is 31.9 Å². The highest BCUT2D eigenvalue weighted by Gasteiger charge is 2.48. The number of aliphatic hydroxyl groups excluding tert-OH is 1. The van der Waals surface area contributed by atoms with Crippen LogP contribution in [0.5, 0.6) is 0 Å². The lowest BCUT2D eigenvalue weighted by molar-refractivity contribution is -0.125. The van der Waals surface area contributed by atoms with Crippen LogP contribution in [0.25, 0.3) is 0 Å². The molecular formula is C35H45ClF2N4O5S. The Balaban J connectivity index is 1.98. The minimum atomic E-state index is -4.12. The number of amides is 1. The van der Waals surface area contributed by atoms with E-state index in [1.54, 1.807) is 0 Å². The zero-order valence-corrected chi connectivity index (χ0v) is 29.1. The Kier molecular flexibility index (Phi) is 14.6. The monoisotopic (exact) mass is 706 g/mol. The van der Waals surface area contributed by atoms with Crippen molar-refractivity contribution in [2.24, 2.45) is 5.73 Å². The number of sulfone groups is 1. The number of rotatable bonds is 19. The molecule has 13 heteroatoms. The molecule has 0 saturated heterocycles. The molecule has 48 heavy (non-hydrogen) atoms. The standard InChI is InChI=1S/C35H45ClF2N4O5S/c1-4-8-30(9-5-2)48(46,47)22-35(39,33(44)26-16-27(36)20-41-19-26)34(45)42-31(15-25-13-28(37)17-29(38)14-25)32(43)21-40-18-24-11-7-10-23(6-3)12-24/h7,10-14,16-17,19-20,30-32,40,43H,4-6,8-9,15,18,21-22,39H2,1-3H3,(H,42,45)/t31-,32+,35-/m0/s1. The van der Waals surface area contributed by atoms with E-state index < -0.39 is 61.8 Å².